The summed E-state index contributed by atoms with van der Waals surface area (Å²) in [5.41, 5.74) is -0.107. The van der Waals surface area contributed by atoms with Gasteiger partial charge in [0.25, 0.3) is 0 Å². The summed E-state index contributed by atoms with van der Waals surface area (Å²) in [6.45, 7) is 0. The Balaban J connectivity index is 0.00000544. The molecule has 0 aliphatic rings. The van der Waals surface area contributed by atoms with Crippen molar-refractivity contribution < 1.29 is 166 Å². The van der Waals surface area contributed by atoms with Crippen LogP contribution in [-0.2, 0) is 19.5 Å². The van der Waals surface area contributed by atoms with E-state index in [1.165, 1.54) is 0 Å². The monoisotopic (exact) mass is 582 g/mol. The third-order valence-electron chi connectivity index (χ3n) is 3.34. The van der Waals surface area contributed by atoms with E-state index in [-0.39, 0.29) is 131 Å². The van der Waals surface area contributed by atoms with Crippen LogP contribution < -0.4 is 118 Å². The zero-order valence-electron chi connectivity index (χ0n) is 16.8. The third-order valence-corrected chi connectivity index (χ3v) is 4.82. The summed E-state index contributed by atoms with van der Waals surface area (Å²) in [5.74, 6) is -1.62. The summed E-state index contributed by atoms with van der Waals surface area (Å²) in [4.78, 5) is -1.54. The molecule has 0 saturated heterocycles. The second-order valence-corrected chi connectivity index (χ2v) is 7.36. The molecule has 2 aromatic carbocycles. The van der Waals surface area contributed by atoms with Gasteiger partial charge in [0.1, 0.15) is 21.6 Å². The van der Waals surface area contributed by atoms with Crippen LogP contribution in [0.5, 0.6) is 11.5 Å². The largest absolute Gasteiger partial charge is 1.00 e. The summed E-state index contributed by atoms with van der Waals surface area (Å²) in [5, 5.41) is 13.1. The van der Waals surface area contributed by atoms with E-state index in [4.69, 9.17) is 0 Å². The minimum Gasteiger partial charge on any atom is -0.744 e. The van der Waals surface area contributed by atoms with Crippen LogP contribution in [0.15, 0.2) is 70.4 Å². The molecule has 2 aromatic rings. The molecule has 174 valence electrons. The molecule has 8 nitrogen and oxygen atoms in total. The van der Waals surface area contributed by atoms with Crippen LogP contribution in [0.3, 0.4) is 0 Å². The summed E-state index contributed by atoms with van der Waals surface area (Å²) < 4.78 is 122. The second-order valence-electron chi connectivity index (χ2n) is 5.27. The van der Waals surface area contributed by atoms with Crippen LogP contribution >= 0.6 is 12.0 Å². The van der Waals surface area contributed by atoms with Crippen LogP contribution in [0.2, 0.25) is 0 Å². The van der Waals surface area contributed by atoms with Crippen molar-refractivity contribution in [1.29, 1.82) is 0 Å². The Morgan fingerprint density at radius 3 is 1.74 bits per heavy atom. The van der Waals surface area contributed by atoms with Gasteiger partial charge in [-0.05, 0) is 35.4 Å². The van der Waals surface area contributed by atoms with Crippen LogP contribution in [0.25, 0.3) is 11.1 Å². The number of hydrogen-bond donors (Lipinski definition) is 0. The van der Waals surface area contributed by atoms with Gasteiger partial charge in [0.05, 0.1) is 21.8 Å². The van der Waals surface area contributed by atoms with Gasteiger partial charge in [0.15, 0.2) is 0 Å². The van der Waals surface area contributed by atoms with Gasteiger partial charge in [-0.25, -0.2) is 8.42 Å². The summed E-state index contributed by atoms with van der Waals surface area (Å²) >= 11 is 0.0965. The van der Waals surface area contributed by atoms with Crippen LogP contribution in [-0.4, -0.2) is 13.0 Å². The van der Waals surface area contributed by atoms with Crippen LogP contribution in [0.4, 0.5) is 26.3 Å². The number of ether oxygens (including phenoxy) is 2. The minimum absolute atomic E-state index is 0. The molecule has 0 aromatic heterocycles. The molecule has 0 saturated carbocycles. The van der Waals surface area contributed by atoms with Gasteiger partial charge in [0.2, 0.25) is 0 Å². The molecular weight excluding hydrogens is 576 g/mol. The van der Waals surface area contributed by atoms with E-state index in [1.54, 1.807) is 0 Å². The Morgan fingerprint density at radius 1 is 0.794 bits per heavy atom. The standard InChI is InChI=1S/C16H8F6O8S2.2K/c17-13(18)15(21)27-9-3-1-7(5-11(9)31-30-29-23)8-2-4-10(28-16(22)14(19)20)12(6-8)32(24,25)26;;/h1-6,23H,(H,24,25,26);;/q;2*+1/p-2. The molecule has 18 heteroatoms. The molecule has 0 fully saturated rings. The molecule has 0 aliphatic carbocycles. The van der Waals surface area contributed by atoms with Crippen molar-refractivity contribution in [3.05, 3.63) is 60.6 Å². The quantitative estimate of drug-likeness (QED) is 0.0651. The maximum absolute atomic E-state index is 13.1. The van der Waals surface area contributed by atoms with Gasteiger partial charge >= 0.3 is 127 Å². The maximum atomic E-state index is 13.1. The Hall–Kier alpha value is 0.513. The number of benzene rings is 2. The Kier molecular flexibility index (Phi) is 15.9. The molecule has 0 N–H and O–H groups in total. The van der Waals surface area contributed by atoms with Crippen molar-refractivity contribution in [1.82, 2.24) is 0 Å². The molecule has 0 atom stereocenters. The van der Waals surface area contributed by atoms with Gasteiger partial charge in [-0.2, -0.15) is 30.7 Å². The molecule has 0 aliphatic heterocycles. The van der Waals surface area contributed by atoms with Crippen LogP contribution in [0, 0.1) is 0 Å². The van der Waals surface area contributed by atoms with E-state index in [0.29, 0.717) is 12.1 Å². The fraction of sp³-hybridized carbons (Fsp3) is 0. The molecular formula is C16H6F6K2O8S2. The molecule has 0 radical (unpaired) electrons. The zero-order valence-corrected chi connectivity index (χ0v) is 24.7. The third kappa shape index (κ3) is 10.1. The molecule has 0 heterocycles. The van der Waals surface area contributed by atoms with Gasteiger partial charge < -0.3 is 19.3 Å². The molecule has 0 amide bonds. The first-order valence-corrected chi connectivity index (χ1v) is 9.73. The Morgan fingerprint density at radius 2 is 1.26 bits per heavy atom. The average molecular weight is 583 g/mol. The van der Waals surface area contributed by atoms with Crippen molar-refractivity contribution >= 4 is 22.2 Å². The van der Waals surface area contributed by atoms with E-state index in [0.717, 1.165) is 24.3 Å². The number of halogens is 6. The Labute approximate surface area is 276 Å². The first-order valence-electron chi connectivity index (χ1n) is 7.58. The first kappa shape index (κ1) is 34.5. The zero-order chi connectivity index (χ0) is 24.1. The van der Waals surface area contributed by atoms with Crippen LogP contribution in [0.1, 0.15) is 0 Å². The normalized spacial score (nSPS) is 10.5. The van der Waals surface area contributed by atoms with Gasteiger partial charge in [-0.3, -0.25) is 5.04 Å². The van der Waals surface area contributed by atoms with Crippen molar-refractivity contribution in [2.45, 2.75) is 9.79 Å². The minimum atomic E-state index is -5.36. The fourth-order valence-electron chi connectivity index (χ4n) is 2.13. The summed E-state index contributed by atoms with van der Waals surface area (Å²) in [7, 11) is -5.36. The topological polar surface area (TPSA) is 117 Å². The fourth-order valence-corrected chi connectivity index (χ4v) is 3.22. The van der Waals surface area contributed by atoms with E-state index >= 15 is 0 Å². The van der Waals surface area contributed by atoms with Crippen molar-refractivity contribution in [3.63, 3.8) is 0 Å². The molecule has 34 heavy (non-hydrogen) atoms. The van der Waals surface area contributed by atoms with E-state index in [1.807, 2.05) is 0 Å². The van der Waals surface area contributed by atoms with Gasteiger partial charge in [0, 0.05) is 0 Å². The predicted octanol–water partition coefficient (Wildman–Crippen LogP) is -1.68. The summed E-state index contributed by atoms with van der Waals surface area (Å²) in [6, 6.07) is 0.652. The molecule has 0 spiro atoms. The van der Waals surface area contributed by atoms with Gasteiger partial charge in [-0.1, -0.05) is 12.1 Å². The Bertz CT molecular complexity index is 1170. The summed E-state index contributed by atoms with van der Waals surface area (Å²) in [6.07, 6.45) is -5.70. The molecule has 0 unspecified atom stereocenters. The number of rotatable bonds is 9. The van der Waals surface area contributed by atoms with Crippen molar-refractivity contribution in [3.8, 4) is 22.6 Å². The SMILES string of the molecule is O=S(=O)([O-])c1cc(-c2ccc(OC(F)=C(F)F)c(SOO[O-])c2)ccc1OC(F)=C(F)F.[K+].[K+]. The molecule has 2 rings (SSSR count). The average Bonchev–Trinajstić information content (AvgIpc) is 2.72. The van der Waals surface area contributed by atoms with E-state index in [9.17, 15) is 44.6 Å². The maximum Gasteiger partial charge on any atom is 1.00 e. The van der Waals surface area contributed by atoms with E-state index in [2.05, 4.69) is 18.8 Å². The first-order chi connectivity index (χ1) is 14.9. The predicted molar refractivity (Wildman–Crippen MR) is 89.8 cm³/mol. The van der Waals surface area contributed by atoms with E-state index < -0.39 is 50.7 Å². The van der Waals surface area contributed by atoms with Crippen molar-refractivity contribution in [2.24, 2.45) is 0 Å². The number of hydrogen-bond acceptors (Lipinski definition) is 9. The smallest absolute Gasteiger partial charge is 0.744 e. The van der Waals surface area contributed by atoms with Crippen molar-refractivity contribution in [2.75, 3.05) is 0 Å². The second kappa shape index (κ2) is 15.7. The molecule has 0 bridgehead atoms. The van der Waals surface area contributed by atoms with Gasteiger partial charge in [-0.15, -0.1) is 0 Å².